The summed E-state index contributed by atoms with van der Waals surface area (Å²) in [5, 5.41) is 22.7. The van der Waals surface area contributed by atoms with Crippen molar-refractivity contribution in [2.75, 3.05) is 20.4 Å². The zero-order chi connectivity index (χ0) is 19.7. The first kappa shape index (κ1) is 28.2. The maximum Gasteiger partial charge on any atom is 0.320 e. The molecule has 0 rings (SSSR count). The lowest BCUT2D eigenvalue weighted by molar-refractivity contribution is -0.151. The summed E-state index contributed by atoms with van der Waals surface area (Å²) >= 11 is 11.2. The van der Waals surface area contributed by atoms with Crippen molar-refractivity contribution in [2.45, 2.75) is 36.5 Å². The standard InChI is InChI=1S/3C4H8O3S/c3*1-3(8)4(6)7-2-5/h3*3,5,8H,2H2,1H3. The van der Waals surface area contributed by atoms with Crippen molar-refractivity contribution in [3.05, 3.63) is 0 Å². The average Bonchev–Trinajstić information content (AvgIpc) is 2.49. The van der Waals surface area contributed by atoms with Crippen LogP contribution in [-0.2, 0) is 28.6 Å². The predicted octanol–water partition coefficient (Wildman–Crippen LogP) is -0.607. The molecular formula is C12H24O9S3. The SMILES string of the molecule is CC(S)C(=O)OCO.CC(S)C(=O)OCO.CC(S)C(=O)OCO. The third kappa shape index (κ3) is 21.3. The highest BCUT2D eigenvalue weighted by Crippen LogP contribution is 1.95. The van der Waals surface area contributed by atoms with Crippen molar-refractivity contribution in [3.8, 4) is 0 Å². The highest BCUT2D eigenvalue weighted by molar-refractivity contribution is 7.82. The Balaban J connectivity index is -0.000000276. The van der Waals surface area contributed by atoms with E-state index in [-0.39, 0.29) is 0 Å². The lowest BCUT2D eigenvalue weighted by Crippen LogP contribution is -2.14. The summed E-state index contributed by atoms with van der Waals surface area (Å²) in [5.41, 5.74) is 0. The van der Waals surface area contributed by atoms with Crippen LogP contribution in [0.4, 0.5) is 0 Å². The monoisotopic (exact) mass is 408 g/mol. The normalized spacial score (nSPS) is 12.9. The summed E-state index contributed by atoms with van der Waals surface area (Å²) in [6.07, 6.45) is 0. The van der Waals surface area contributed by atoms with E-state index in [4.69, 9.17) is 15.3 Å². The van der Waals surface area contributed by atoms with Crippen LogP contribution in [-0.4, -0.2) is 69.4 Å². The Kier molecular flexibility index (Phi) is 21.9. The smallest absolute Gasteiger partial charge is 0.320 e. The highest BCUT2D eigenvalue weighted by atomic mass is 32.1. The molecule has 0 aromatic rings. The molecule has 0 aliphatic rings. The van der Waals surface area contributed by atoms with Crippen LogP contribution in [0.15, 0.2) is 0 Å². The molecule has 12 heteroatoms. The number of aliphatic hydroxyl groups excluding tert-OH is 3. The Morgan fingerprint density at radius 2 is 0.833 bits per heavy atom. The molecule has 9 nitrogen and oxygen atoms in total. The fourth-order valence-corrected chi connectivity index (χ4v) is 0.776. The van der Waals surface area contributed by atoms with Crippen LogP contribution in [0.3, 0.4) is 0 Å². The number of ether oxygens (including phenoxy) is 3. The second-order valence-electron chi connectivity index (χ2n) is 3.81. The van der Waals surface area contributed by atoms with Crippen LogP contribution in [0.25, 0.3) is 0 Å². The van der Waals surface area contributed by atoms with Gasteiger partial charge in [-0.1, -0.05) is 0 Å². The maximum absolute atomic E-state index is 10.3. The molecular weight excluding hydrogens is 384 g/mol. The van der Waals surface area contributed by atoms with Crippen molar-refractivity contribution in [3.63, 3.8) is 0 Å². The molecule has 0 heterocycles. The molecule has 0 saturated heterocycles. The van der Waals surface area contributed by atoms with E-state index in [1.165, 1.54) is 0 Å². The number of rotatable bonds is 6. The molecule has 3 atom stereocenters. The first-order valence-corrected chi connectivity index (χ1v) is 7.96. The van der Waals surface area contributed by atoms with Gasteiger partial charge < -0.3 is 29.5 Å². The lowest BCUT2D eigenvalue weighted by atomic mass is 10.5. The first-order valence-electron chi connectivity index (χ1n) is 6.41. The average molecular weight is 409 g/mol. The minimum atomic E-state index is -0.566. The molecule has 0 aromatic heterocycles. The Bertz CT molecular complexity index is 296. The summed E-state index contributed by atoms with van der Waals surface area (Å²) in [5.74, 6) is -1.51. The third-order valence-electron chi connectivity index (χ3n) is 1.64. The van der Waals surface area contributed by atoms with E-state index in [1.807, 2.05) is 0 Å². The van der Waals surface area contributed by atoms with Gasteiger partial charge in [-0.3, -0.25) is 14.4 Å². The summed E-state index contributed by atoms with van der Waals surface area (Å²) in [6.45, 7) is 3.01. The maximum atomic E-state index is 10.3. The van der Waals surface area contributed by atoms with E-state index in [1.54, 1.807) is 20.8 Å². The number of carbonyl (C=O) groups excluding carboxylic acids is 3. The number of esters is 3. The van der Waals surface area contributed by atoms with E-state index >= 15 is 0 Å². The van der Waals surface area contributed by atoms with Gasteiger partial charge in [-0.25, -0.2) is 0 Å². The largest absolute Gasteiger partial charge is 0.438 e. The van der Waals surface area contributed by atoms with E-state index in [0.717, 1.165) is 0 Å². The van der Waals surface area contributed by atoms with Gasteiger partial charge >= 0.3 is 17.9 Å². The van der Waals surface area contributed by atoms with Gasteiger partial charge in [0.1, 0.15) is 0 Å². The van der Waals surface area contributed by atoms with Gasteiger partial charge in [0.05, 0.1) is 15.7 Å². The van der Waals surface area contributed by atoms with E-state index in [2.05, 4.69) is 52.1 Å². The molecule has 0 fully saturated rings. The number of aliphatic hydroxyl groups is 3. The van der Waals surface area contributed by atoms with E-state index in [0.29, 0.717) is 0 Å². The predicted molar refractivity (Wildman–Crippen MR) is 94.9 cm³/mol. The molecule has 144 valence electrons. The molecule has 24 heavy (non-hydrogen) atoms. The molecule has 0 radical (unpaired) electrons. The van der Waals surface area contributed by atoms with Gasteiger partial charge in [-0.05, 0) is 20.8 Å². The Morgan fingerprint density at radius 3 is 0.875 bits per heavy atom. The second kappa shape index (κ2) is 18.7. The molecule has 0 bridgehead atoms. The van der Waals surface area contributed by atoms with Gasteiger partial charge in [0.2, 0.25) is 0 Å². The van der Waals surface area contributed by atoms with Gasteiger partial charge in [0.25, 0.3) is 0 Å². The Morgan fingerprint density at radius 1 is 0.667 bits per heavy atom. The van der Waals surface area contributed by atoms with Gasteiger partial charge in [-0.15, -0.1) is 0 Å². The van der Waals surface area contributed by atoms with E-state index < -0.39 is 54.0 Å². The number of thiol groups is 3. The number of carbonyl (C=O) groups is 3. The highest BCUT2D eigenvalue weighted by Gasteiger charge is 2.07. The van der Waals surface area contributed by atoms with Crippen LogP contribution >= 0.6 is 37.9 Å². The second-order valence-corrected chi connectivity index (χ2v) is 6.13. The summed E-state index contributed by atoms with van der Waals surface area (Å²) in [7, 11) is 0. The molecule has 0 aromatic carbocycles. The molecule has 0 amide bonds. The molecule has 3 unspecified atom stereocenters. The fourth-order valence-electron chi connectivity index (χ4n) is 0.553. The van der Waals surface area contributed by atoms with Crippen molar-refractivity contribution < 1.29 is 43.9 Å². The van der Waals surface area contributed by atoms with Crippen LogP contribution in [0.2, 0.25) is 0 Å². The third-order valence-corrected chi connectivity index (χ3v) is 2.28. The minimum absolute atomic E-state index is 0.456. The van der Waals surface area contributed by atoms with Gasteiger partial charge in [-0.2, -0.15) is 37.9 Å². The number of hydrogen-bond donors (Lipinski definition) is 6. The number of hydrogen-bond acceptors (Lipinski definition) is 12. The van der Waals surface area contributed by atoms with Crippen molar-refractivity contribution in [2.24, 2.45) is 0 Å². The topological polar surface area (TPSA) is 140 Å². The van der Waals surface area contributed by atoms with Crippen LogP contribution in [0.5, 0.6) is 0 Å². The molecule has 0 aliphatic carbocycles. The Hall–Kier alpha value is -0.660. The van der Waals surface area contributed by atoms with Crippen LogP contribution in [0, 0.1) is 0 Å². The Labute approximate surface area is 156 Å². The van der Waals surface area contributed by atoms with Crippen molar-refractivity contribution in [1.82, 2.24) is 0 Å². The molecule has 3 N–H and O–H groups in total. The van der Waals surface area contributed by atoms with Crippen molar-refractivity contribution in [1.29, 1.82) is 0 Å². The summed E-state index contributed by atoms with van der Waals surface area (Å²) < 4.78 is 12.4. The minimum Gasteiger partial charge on any atom is -0.438 e. The zero-order valence-corrected chi connectivity index (χ0v) is 16.2. The first-order chi connectivity index (χ1) is 11.0. The zero-order valence-electron chi connectivity index (χ0n) is 13.5. The van der Waals surface area contributed by atoms with Crippen LogP contribution in [0.1, 0.15) is 20.8 Å². The lowest BCUT2D eigenvalue weighted by Gasteiger charge is -2.00. The van der Waals surface area contributed by atoms with Crippen molar-refractivity contribution >= 4 is 55.8 Å². The quantitative estimate of drug-likeness (QED) is 0.147. The molecule has 0 spiro atoms. The van der Waals surface area contributed by atoms with Crippen LogP contribution < -0.4 is 0 Å². The van der Waals surface area contributed by atoms with Gasteiger partial charge in [0.15, 0.2) is 20.4 Å². The fraction of sp³-hybridized carbons (Fsp3) is 0.750. The summed E-state index contributed by atoms with van der Waals surface area (Å²) in [4.78, 5) is 30.9. The summed E-state index contributed by atoms with van der Waals surface area (Å²) in [6, 6.07) is 0. The molecule has 0 aliphatic heterocycles. The van der Waals surface area contributed by atoms with E-state index in [9.17, 15) is 14.4 Å². The molecule has 0 saturated carbocycles. The van der Waals surface area contributed by atoms with Gasteiger partial charge in [0, 0.05) is 0 Å².